The van der Waals surface area contributed by atoms with Gasteiger partial charge in [-0.15, -0.1) is 0 Å². The first-order chi connectivity index (χ1) is 6.60. The number of halogens is 2. The molecule has 0 aromatic heterocycles. The molecule has 4 heteroatoms. The maximum absolute atomic E-state index is 13.5. The molecule has 0 bridgehead atoms. The Morgan fingerprint density at radius 3 is 2.71 bits per heavy atom. The van der Waals surface area contributed by atoms with Gasteiger partial charge in [-0.1, -0.05) is 15.9 Å². The Morgan fingerprint density at radius 1 is 1.57 bits per heavy atom. The standard InChI is InChI=1S/C10H9BrFNO/c1-6(13-2)10-8(12)4-7(11)5-9(10)14-3/h4-6H,1,3H3. The van der Waals surface area contributed by atoms with E-state index in [1.54, 1.807) is 13.0 Å². The predicted octanol–water partition coefficient (Wildman–Crippen LogP) is 3.58. The second-order valence-corrected chi connectivity index (χ2v) is 3.72. The lowest BCUT2D eigenvalue weighted by atomic mass is 10.1. The van der Waals surface area contributed by atoms with E-state index in [0.717, 1.165) is 0 Å². The smallest absolute Gasteiger partial charge is 0.252 e. The van der Waals surface area contributed by atoms with Gasteiger partial charge in [0.1, 0.15) is 17.1 Å². The van der Waals surface area contributed by atoms with Crippen molar-refractivity contribution in [3.63, 3.8) is 0 Å². The second-order valence-electron chi connectivity index (χ2n) is 2.81. The summed E-state index contributed by atoms with van der Waals surface area (Å²) in [7, 11) is 1.46. The summed E-state index contributed by atoms with van der Waals surface area (Å²) in [6, 6.07) is 2.46. The molecule has 1 rings (SSSR count). The Morgan fingerprint density at radius 2 is 2.21 bits per heavy atom. The van der Waals surface area contributed by atoms with Crippen LogP contribution in [0.1, 0.15) is 18.5 Å². The van der Waals surface area contributed by atoms with E-state index in [2.05, 4.69) is 20.8 Å². The van der Waals surface area contributed by atoms with Gasteiger partial charge in [-0.3, -0.25) is 0 Å². The van der Waals surface area contributed by atoms with E-state index in [4.69, 9.17) is 11.3 Å². The van der Waals surface area contributed by atoms with Crippen LogP contribution in [-0.4, -0.2) is 7.11 Å². The van der Waals surface area contributed by atoms with Crippen molar-refractivity contribution in [3.05, 3.63) is 39.4 Å². The Labute approximate surface area is 90.6 Å². The highest BCUT2D eigenvalue weighted by atomic mass is 79.9. The van der Waals surface area contributed by atoms with E-state index in [-0.39, 0.29) is 0 Å². The van der Waals surface area contributed by atoms with Gasteiger partial charge in [0.15, 0.2) is 0 Å². The van der Waals surface area contributed by atoms with E-state index in [1.807, 2.05) is 0 Å². The summed E-state index contributed by atoms with van der Waals surface area (Å²) >= 11 is 3.16. The molecule has 1 aromatic rings. The molecule has 1 atom stereocenters. The van der Waals surface area contributed by atoms with Gasteiger partial charge in [-0.05, 0) is 12.1 Å². The minimum Gasteiger partial charge on any atom is -0.496 e. The molecular weight excluding hydrogens is 249 g/mol. The van der Waals surface area contributed by atoms with Gasteiger partial charge in [0.05, 0.1) is 7.11 Å². The molecule has 0 N–H and O–H groups in total. The second kappa shape index (κ2) is 4.43. The molecule has 0 saturated carbocycles. The van der Waals surface area contributed by atoms with Crippen LogP contribution >= 0.6 is 15.9 Å². The van der Waals surface area contributed by atoms with Crippen molar-refractivity contribution in [2.45, 2.75) is 13.0 Å². The molecule has 0 saturated heterocycles. The van der Waals surface area contributed by atoms with Crippen molar-refractivity contribution in [2.24, 2.45) is 0 Å². The monoisotopic (exact) mass is 257 g/mol. The first-order valence-electron chi connectivity index (χ1n) is 3.99. The molecule has 0 fully saturated rings. The summed E-state index contributed by atoms with van der Waals surface area (Å²) in [5.41, 5.74) is 0.311. The Hall–Kier alpha value is -1.08. The summed E-state index contributed by atoms with van der Waals surface area (Å²) in [4.78, 5) is 3.27. The molecule has 0 radical (unpaired) electrons. The van der Waals surface area contributed by atoms with Crippen molar-refractivity contribution in [3.8, 4) is 5.75 Å². The molecule has 0 aliphatic rings. The van der Waals surface area contributed by atoms with Crippen LogP contribution in [0.15, 0.2) is 16.6 Å². The normalized spacial score (nSPS) is 11.9. The van der Waals surface area contributed by atoms with E-state index in [0.29, 0.717) is 15.8 Å². The van der Waals surface area contributed by atoms with Crippen molar-refractivity contribution in [1.29, 1.82) is 0 Å². The van der Waals surface area contributed by atoms with Gasteiger partial charge in [0.25, 0.3) is 6.04 Å². The van der Waals surface area contributed by atoms with Gasteiger partial charge >= 0.3 is 0 Å². The number of ether oxygens (including phenoxy) is 1. The molecule has 1 aromatic carbocycles. The Bertz CT molecular complexity index is 386. The largest absolute Gasteiger partial charge is 0.496 e. The summed E-state index contributed by atoms with van der Waals surface area (Å²) in [5.74, 6) is -0.0138. The third-order valence-electron chi connectivity index (χ3n) is 1.89. The lowest BCUT2D eigenvalue weighted by Gasteiger charge is -2.09. The summed E-state index contributed by atoms with van der Waals surface area (Å²) in [5, 5.41) is 0. The third-order valence-corrected chi connectivity index (χ3v) is 2.35. The van der Waals surface area contributed by atoms with Crippen molar-refractivity contribution < 1.29 is 9.13 Å². The van der Waals surface area contributed by atoms with Crippen LogP contribution in [0.3, 0.4) is 0 Å². The van der Waals surface area contributed by atoms with Crippen molar-refractivity contribution >= 4 is 15.9 Å². The van der Waals surface area contributed by atoms with Gasteiger partial charge in [0, 0.05) is 11.4 Å². The Balaban J connectivity index is 3.34. The number of methoxy groups -OCH3 is 1. The average molecular weight is 258 g/mol. The van der Waals surface area contributed by atoms with Crippen LogP contribution in [0, 0.1) is 12.4 Å². The van der Waals surface area contributed by atoms with E-state index in [1.165, 1.54) is 13.2 Å². The van der Waals surface area contributed by atoms with Crippen LogP contribution in [0.25, 0.3) is 4.85 Å². The molecular formula is C10H9BrFNO. The van der Waals surface area contributed by atoms with Gasteiger partial charge in [0.2, 0.25) is 0 Å². The highest BCUT2D eigenvalue weighted by molar-refractivity contribution is 9.10. The topological polar surface area (TPSA) is 13.6 Å². The predicted molar refractivity (Wildman–Crippen MR) is 55.7 cm³/mol. The van der Waals surface area contributed by atoms with E-state index >= 15 is 0 Å². The number of nitrogens with zero attached hydrogens (tertiary/aromatic N) is 1. The molecule has 1 unspecified atom stereocenters. The molecule has 0 spiro atoms. The average Bonchev–Trinajstić information content (AvgIpc) is 2.15. The zero-order valence-corrected chi connectivity index (χ0v) is 9.43. The zero-order chi connectivity index (χ0) is 10.7. The number of hydrogen-bond donors (Lipinski definition) is 0. The van der Waals surface area contributed by atoms with Crippen LogP contribution in [0.5, 0.6) is 5.75 Å². The van der Waals surface area contributed by atoms with Crippen LogP contribution < -0.4 is 4.74 Å². The fourth-order valence-corrected chi connectivity index (χ4v) is 1.61. The fraction of sp³-hybridized carbons (Fsp3) is 0.300. The molecule has 0 amide bonds. The van der Waals surface area contributed by atoms with Gasteiger partial charge in [-0.25, -0.2) is 11.0 Å². The molecule has 0 aliphatic carbocycles. The van der Waals surface area contributed by atoms with Crippen molar-refractivity contribution in [1.82, 2.24) is 0 Å². The molecule has 0 aliphatic heterocycles. The van der Waals surface area contributed by atoms with Crippen molar-refractivity contribution in [2.75, 3.05) is 7.11 Å². The highest BCUT2D eigenvalue weighted by Gasteiger charge is 2.20. The van der Waals surface area contributed by atoms with E-state index in [9.17, 15) is 4.39 Å². The Kier molecular flexibility index (Phi) is 3.48. The quantitative estimate of drug-likeness (QED) is 0.739. The van der Waals surface area contributed by atoms with Crippen LogP contribution in [0.2, 0.25) is 0 Å². The maximum Gasteiger partial charge on any atom is 0.252 e. The highest BCUT2D eigenvalue weighted by Crippen LogP contribution is 2.32. The molecule has 74 valence electrons. The zero-order valence-electron chi connectivity index (χ0n) is 7.84. The molecule has 0 heterocycles. The fourth-order valence-electron chi connectivity index (χ4n) is 1.20. The van der Waals surface area contributed by atoms with Crippen LogP contribution in [0.4, 0.5) is 4.39 Å². The van der Waals surface area contributed by atoms with Crippen LogP contribution in [-0.2, 0) is 0 Å². The SMILES string of the molecule is [C-]#[N+]C(C)c1c(F)cc(Br)cc1OC. The maximum atomic E-state index is 13.5. The number of rotatable bonds is 2. The van der Waals surface area contributed by atoms with Gasteiger partial charge in [-0.2, -0.15) is 0 Å². The third kappa shape index (κ3) is 2.05. The lowest BCUT2D eigenvalue weighted by Crippen LogP contribution is -1.98. The van der Waals surface area contributed by atoms with E-state index < -0.39 is 11.9 Å². The first-order valence-corrected chi connectivity index (χ1v) is 4.79. The first kappa shape index (κ1) is 11.0. The minimum absolute atomic E-state index is 0.311. The summed E-state index contributed by atoms with van der Waals surface area (Å²) < 4.78 is 19.1. The molecule has 14 heavy (non-hydrogen) atoms. The van der Waals surface area contributed by atoms with Gasteiger partial charge < -0.3 is 9.58 Å². The number of benzene rings is 1. The summed E-state index contributed by atoms with van der Waals surface area (Å²) in [6.45, 7) is 8.50. The summed E-state index contributed by atoms with van der Waals surface area (Å²) in [6.07, 6.45) is 0. The lowest BCUT2D eigenvalue weighted by molar-refractivity contribution is 0.402. The number of hydrogen-bond acceptors (Lipinski definition) is 1. The minimum atomic E-state index is -0.530. The molecule has 2 nitrogen and oxygen atoms in total.